The van der Waals surface area contributed by atoms with Crippen molar-refractivity contribution in [3.63, 3.8) is 0 Å². The highest BCUT2D eigenvalue weighted by Crippen LogP contribution is 2.37. The third kappa shape index (κ3) is 17.0. The number of aromatic nitrogens is 1. The third-order valence-electron chi connectivity index (χ3n) is 10.1. The zero-order chi connectivity index (χ0) is 47.8. The van der Waals surface area contributed by atoms with Crippen LogP contribution in [0.2, 0.25) is 5.02 Å². The summed E-state index contributed by atoms with van der Waals surface area (Å²) in [6.07, 6.45) is 11.7. The van der Waals surface area contributed by atoms with Gasteiger partial charge in [-0.1, -0.05) is 96.3 Å². The molecule has 0 amide bonds. The predicted molar refractivity (Wildman–Crippen MR) is 293 cm³/mol. The minimum atomic E-state index is 0.359. The van der Waals surface area contributed by atoms with Crippen LogP contribution in [0.3, 0.4) is 0 Å². The Morgan fingerprint density at radius 3 is 2.34 bits per heavy atom. The van der Waals surface area contributed by atoms with Gasteiger partial charge in [-0.3, -0.25) is 0 Å². The van der Waals surface area contributed by atoms with Gasteiger partial charge in [-0.15, -0.1) is 17.9 Å². The van der Waals surface area contributed by atoms with E-state index >= 15 is 0 Å². The van der Waals surface area contributed by atoms with Gasteiger partial charge in [0, 0.05) is 92.7 Å². The minimum Gasteiger partial charge on any atom is -0.397 e. The van der Waals surface area contributed by atoms with E-state index in [1.807, 2.05) is 78.4 Å². The van der Waals surface area contributed by atoms with Crippen LogP contribution in [0.5, 0.6) is 0 Å². The Morgan fingerprint density at radius 1 is 0.984 bits per heavy atom. The first-order chi connectivity index (χ1) is 30.8. The van der Waals surface area contributed by atoms with E-state index in [9.17, 15) is 0 Å². The molecule has 11 heteroatoms. The molecule has 3 aromatic carbocycles. The summed E-state index contributed by atoms with van der Waals surface area (Å²) in [5, 5.41) is 14.0. The number of nitrogen functional groups attached to an aromatic ring is 1. The van der Waals surface area contributed by atoms with Gasteiger partial charge in [-0.2, -0.15) is 0 Å². The van der Waals surface area contributed by atoms with Crippen molar-refractivity contribution >= 4 is 69.9 Å². The summed E-state index contributed by atoms with van der Waals surface area (Å²) in [7, 11) is 10.4. The molecule has 0 bridgehead atoms. The highest BCUT2D eigenvalue weighted by molar-refractivity contribution is 7.48. The van der Waals surface area contributed by atoms with Crippen molar-refractivity contribution in [1.29, 1.82) is 0 Å². The largest absolute Gasteiger partial charge is 0.397 e. The minimum absolute atomic E-state index is 0.359. The van der Waals surface area contributed by atoms with Crippen molar-refractivity contribution in [2.45, 2.75) is 60.8 Å². The van der Waals surface area contributed by atoms with Gasteiger partial charge in [0.25, 0.3) is 0 Å². The number of hydrogen-bond donors (Lipinski definition) is 4. The third-order valence-corrected chi connectivity index (χ3v) is 12.6. The molecule has 348 valence electrons. The summed E-state index contributed by atoms with van der Waals surface area (Å²) in [6, 6.07) is 23.2. The molecule has 6 rings (SSSR count). The van der Waals surface area contributed by atoms with Crippen molar-refractivity contribution in [3.8, 4) is 11.1 Å². The van der Waals surface area contributed by atoms with Gasteiger partial charge in [-0.05, 0) is 125 Å². The average Bonchev–Trinajstić information content (AvgIpc) is 3.93. The molecule has 0 aliphatic carbocycles. The summed E-state index contributed by atoms with van der Waals surface area (Å²) < 4.78 is 2.11. The van der Waals surface area contributed by atoms with Crippen LogP contribution in [0.25, 0.3) is 27.7 Å². The Kier molecular flexibility index (Phi) is 25.6. The van der Waals surface area contributed by atoms with Crippen molar-refractivity contribution in [3.05, 3.63) is 150 Å². The number of allylic oxidation sites excluding steroid dienone is 2. The molecule has 1 fully saturated rings. The Bertz CT molecular complexity index is 2250. The number of aryl methyl sites for hydroxylation is 3. The van der Waals surface area contributed by atoms with Crippen molar-refractivity contribution < 1.29 is 0 Å². The van der Waals surface area contributed by atoms with Crippen molar-refractivity contribution in [2.75, 3.05) is 76.6 Å². The normalized spacial score (nSPS) is 12.2. The number of halogens is 1. The number of nitrogens with one attached hydrogen (secondary N) is 3. The molecule has 1 unspecified atom stereocenters. The van der Waals surface area contributed by atoms with Crippen LogP contribution in [0.4, 0.5) is 16.4 Å². The number of benzene rings is 3. The fourth-order valence-electron chi connectivity index (χ4n) is 6.59. The average molecular weight is 926 g/mol. The fourth-order valence-corrected chi connectivity index (χ4v) is 8.84. The predicted octanol–water partition coefficient (Wildman–Crippen LogP) is 12.7. The second-order valence-corrected chi connectivity index (χ2v) is 17.7. The van der Waals surface area contributed by atoms with E-state index in [1.165, 1.54) is 38.1 Å². The molecule has 1 saturated heterocycles. The first kappa shape index (κ1) is 55.4. The number of hydrogen-bond acceptors (Lipinski definition) is 8. The molecule has 0 spiro atoms. The second-order valence-electron chi connectivity index (χ2n) is 15.1. The van der Waals surface area contributed by atoms with E-state index < -0.39 is 0 Å². The lowest BCUT2D eigenvalue weighted by atomic mass is 10.0. The van der Waals surface area contributed by atoms with Gasteiger partial charge in [0.2, 0.25) is 0 Å². The molecule has 5 N–H and O–H groups in total. The summed E-state index contributed by atoms with van der Waals surface area (Å²) in [6.45, 7) is 33.5. The lowest BCUT2D eigenvalue weighted by Crippen LogP contribution is -2.43. The highest BCUT2D eigenvalue weighted by atomic mass is 35.5. The topological polar surface area (TPSA) is 76.8 Å². The van der Waals surface area contributed by atoms with Crippen LogP contribution in [-0.2, 0) is 13.5 Å². The standard InChI is InChI=1S/C25H26ClN4P.C20H29N3S.C4H11N.2C2H6/c1-15-5-7-19(12-20(15)16(2)28-3)31-29-24-13-21(22(26)14-23(24)27)17-6-8-25-18(11-17)9-10-30(25)4;1-6-7-10-19-11-12-20(24-19)23-15-14-22(16-18(23)3)17(2)9-8-13-21(4)5;1-3-4-5-2;2*1-2/h5-14,28-29,31H,2,27H2,1,3-4H3;6,8-9,11-12H,1-3,7,10,13-16H2,4-5H3;5H,3-4H2,1-2H3;2*1-2H3/b;9-8+;;;. The zero-order valence-corrected chi connectivity index (χ0v) is 43.4. The number of fused-ring (bicyclic) bond motifs is 1. The van der Waals surface area contributed by atoms with Crippen LogP contribution in [-0.4, -0.2) is 75.3 Å². The van der Waals surface area contributed by atoms with E-state index in [1.54, 1.807) is 0 Å². The molecule has 0 radical (unpaired) electrons. The molecule has 8 nitrogen and oxygen atoms in total. The van der Waals surface area contributed by atoms with Gasteiger partial charge < -0.3 is 40.7 Å². The first-order valence-corrected chi connectivity index (χ1v) is 24.7. The maximum absolute atomic E-state index is 6.57. The molecule has 1 aliphatic rings. The summed E-state index contributed by atoms with van der Waals surface area (Å²) in [5.74, 6) is 0. The quantitative estimate of drug-likeness (QED) is 0.0340. The van der Waals surface area contributed by atoms with Gasteiger partial charge >= 0.3 is 0 Å². The first-order valence-electron chi connectivity index (χ1n) is 22.5. The Balaban J connectivity index is 0.000000380. The van der Waals surface area contributed by atoms with E-state index in [0.717, 1.165) is 85.0 Å². The number of nitrogens with zero attached hydrogens (tertiary/aromatic N) is 4. The maximum atomic E-state index is 6.57. The molecule has 3 heterocycles. The second kappa shape index (κ2) is 29.6. The van der Waals surface area contributed by atoms with E-state index in [-0.39, 0.29) is 0 Å². The SMILES string of the molecule is C=C(NC)c1cc(PNc2cc(-c3ccc4c(ccn4C)c3)c(Cl)cc2N)ccc1C.C=CCCc1ccc(N2CCN(C(=C)/C=C/CN(C)C)CC2=C)s1.CC.CC.CCCNC. The fraction of sp³-hybridized carbons (Fsp3) is 0.358. The maximum Gasteiger partial charge on any atom is 0.0954 e. The Morgan fingerprint density at radius 2 is 1.72 bits per heavy atom. The molecule has 64 heavy (non-hydrogen) atoms. The molecule has 0 saturated carbocycles. The lowest BCUT2D eigenvalue weighted by Gasteiger charge is -2.38. The summed E-state index contributed by atoms with van der Waals surface area (Å²) >= 11 is 8.44. The monoisotopic (exact) mass is 925 g/mol. The molecule has 5 aromatic rings. The highest BCUT2D eigenvalue weighted by Gasteiger charge is 2.22. The van der Waals surface area contributed by atoms with Gasteiger partial charge in [0.05, 0.1) is 27.9 Å². The number of nitrogens with two attached hydrogens (primary N) is 1. The number of anilines is 3. The molecule has 1 atom stereocenters. The zero-order valence-electron chi connectivity index (χ0n) is 40.8. The lowest BCUT2D eigenvalue weighted by molar-refractivity contribution is 0.361. The molecular formula is C53H78ClN8PS. The van der Waals surface area contributed by atoms with Crippen LogP contribution in [0, 0.1) is 6.92 Å². The number of likely N-dealkylation sites (N-methyl/N-ethyl adjacent to an activating group) is 1. The van der Waals surface area contributed by atoms with Gasteiger partial charge in [0.15, 0.2) is 0 Å². The van der Waals surface area contributed by atoms with E-state index in [0.29, 0.717) is 19.4 Å². The Hall–Kier alpha value is -4.76. The smallest absolute Gasteiger partial charge is 0.0954 e. The van der Waals surface area contributed by atoms with Crippen LogP contribution < -0.4 is 31.7 Å². The molecule has 1 aliphatic heterocycles. The molecular weight excluding hydrogens is 847 g/mol. The van der Waals surface area contributed by atoms with Crippen LogP contribution >= 0.6 is 31.7 Å². The number of thiophene rings is 1. The number of rotatable bonds is 16. The summed E-state index contributed by atoms with van der Waals surface area (Å²) in [5.41, 5.74) is 16.4. The molecule has 2 aromatic heterocycles. The van der Waals surface area contributed by atoms with E-state index in [4.69, 9.17) is 17.3 Å². The van der Waals surface area contributed by atoms with Gasteiger partial charge in [0.1, 0.15) is 0 Å². The van der Waals surface area contributed by atoms with E-state index in [2.05, 4.69) is 162 Å². The van der Waals surface area contributed by atoms with Crippen molar-refractivity contribution in [1.82, 2.24) is 25.0 Å². The summed E-state index contributed by atoms with van der Waals surface area (Å²) in [4.78, 5) is 8.20. The van der Waals surface area contributed by atoms with Crippen LogP contribution in [0.15, 0.2) is 129 Å². The van der Waals surface area contributed by atoms with Gasteiger partial charge in [-0.25, -0.2) is 0 Å². The van der Waals surface area contributed by atoms with Crippen LogP contribution in [0.1, 0.15) is 63.5 Å². The van der Waals surface area contributed by atoms with Crippen molar-refractivity contribution in [2.24, 2.45) is 7.05 Å². The Labute approximate surface area is 398 Å². The number of piperazine rings is 1.